The van der Waals surface area contributed by atoms with Crippen LogP contribution in [-0.2, 0) is 0 Å². The summed E-state index contributed by atoms with van der Waals surface area (Å²) >= 11 is 0. The number of aromatic nitrogens is 4. The fourth-order valence-electron chi connectivity index (χ4n) is 2.53. The van der Waals surface area contributed by atoms with E-state index in [0.717, 1.165) is 0 Å². The fourth-order valence-corrected chi connectivity index (χ4v) is 2.53. The molecule has 3 rings (SSSR count). The van der Waals surface area contributed by atoms with Crippen molar-refractivity contribution >= 4 is 17.7 Å². The molecular weight excluding hydrogens is 306 g/mol. The van der Waals surface area contributed by atoms with Gasteiger partial charge in [0, 0.05) is 44.6 Å². The molecule has 0 aromatic carbocycles. The summed E-state index contributed by atoms with van der Waals surface area (Å²) in [7, 11) is 0. The van der Waals surface area contributed by atoms with Crippen LogP contribution in [0.3, 0.4) is 0 Å². The molecule has 8 nitrogen and oxygen atoms in total. The van der Waals surface area contributed by atoms with Gasteiger partial charge in [-0.2, -0.15) is 0 Å². The van der Waals surface area contributed by atoms with Crippen LogP contribution in [0.5, 0.6) is 0 Å². The van der Waals surface area contributed by atoms with Crippen molar-refractivity contribution in [2.45, 2.75) is 19.9 Å². The molecule has 0 saturated carbocycles. The molecule has 0 atom stereocenters. The first-order valence-electron chi connectivity index (χ1n) is 8.03. The standard InChI is InChI=1S/C16H21N7O/c1-12(2)21-14-11-19-13(10-20-14)15(24)22-6-8-23(9-7-22)16-17-4-3-5-18-16/h3-5,10-12H,6-9H2,1-2H3,(H,20,21). The predicted octanol–water partition coefficient (Wildman–Crippen LogP) is 1.05. The second-order valence-electron chi connectivity index (χ2n) is 5.91. The number of hydrogen-bond acceptors (Lipinski definition) is 7. The number of nitrogens with zero attached hydrogens (tertiary/aromatic N) is 6. The Morgan fingerprint density at radius 1 is 1.04 bits per heavy atom. The topological polar surface area (TPSA) is 87.1 Å². The second-order valence-corrected chi connectivity index (χ2v) is 5.91. The smallest absolute Gasteiger partial charge is 0.274 e. The van der Waals surface area contributed by atoms with Gasteiger partial charge in [0.05, 0.1) is 12.4 Å². The molecule has 8 heteroatoms. The van der Waals surface area contributed by atoms with Crippen LogP contribution in [0.15, 0.2) is 30.9 Å². The van der Waals surface area contributed by atoms with Gasteiger partial charge in [-0.1, -0.05) is 0 Å². The minimum Gasteiger partial charge on any atom is -0.367 e. The van der Waals surface area contributed by atoms with Crippen LogP contribution < -0.4 is 10.2 Å². The summed E-state index contributed by atoms with van der Waals surface area (Å²) in [6.07, 6.45) is 6.57. The summed E-state index contributed by atoms with van der Waals surface area (Å²) < 4.78 is 0. The van der Waals surface area contributed by atoms with Crippen molar-refractivity contribution < 1.29 is 4.79 Å². The average molecular weight is 327 g/mol. The zero-order valence-corrected chi connectivity index (χ0v) is 13.9. The molecule has 1 aliphatic heterocycles. The van der Waals surface area contributed by atoms with E-state index in [2.05, 4.69) is 30.2 Å². The average Bonchev–Trinajstić information content (AvgIpc) is 2.62. The zero-order valence-electron chi connectivity index (χ0n) is 13.9. The van der Waals surface area contributed by atoms with Gasteiger partial charge in [0.2, 0.25) is 5.95 Å². The summed E-state index contributed by atoms with van der Waals surface area (Å²) in [5.41, 5.74) is 0.369. The van der Waals surface area contributed by atoms with Gasteiger partial charge in [-0.15, -0.1) is 0 Å². The normalized spacial score (nSPS) is 14.8. The molecule has 126 valence electrons. The first kappa shape index (κ1) is 16.1. The van der Waals surface area contributed by atoms with Crippen LogP contribution in [0.1, 0.15) is 24.3 Å². The number of hydrogen-bond donors (Lipinski definition) is 1. The molecule has 1 N–H and O–H groups in total. The van der Waals surface area contributed by atoms with Crippen molar-refractivity contribution in [1.82, 2.24) is 24.8 Å². The number of carbonyl (C=O) groups excluding carboxylic acids is 1. The summed E-state index contributed by atoms with van der Waals surface area (Å²) in [5.74, 6) is 1.29. The van der Waals surface area contributed by atoms with Crippen LogP contribution in [0.4, 0.5) is 11.8 Å². The van der Waals surface area contributed by atoms with E-state index in [0.29, 0.717) is 43.6 Å². The van der Waals surface area contributed by atoms with Crippen molar-refractivity contribution in [3.05, 3.63) is 36.5 Å². The van der Waals surface area contributed by atoms with Gasteiger partial charge >= 0.3 is 0 Å². The lowest BCUT2D eigenvalue weighted by molar-refractivity contribution is 0.0740. The number of rotatable bonds is 4. The highest BCUT2D eigenvalue weighted by atomic mass is 16.2. The van der Waals surface area contributed by atoms with Crippen LogP contribution >= 0.6 is 0 Å². The van der Waals surface area contributed by atoms with Gasteiger partial charge in [-0.25, -0.2) is 19.9 Å². The highest BCUT2D eigenvalue weighted by Gasteiger charge is 2.24. The lowest BCUT2D eigenvalue weighted by Crippen LogP contribution is -2.49. The van der Waals surface area contributed by atoms with Gasteiger partial charge < -0.3 is 15.1 Å². The Balaban J connectivity index is 1.59. The third-order valence-electron chi connectivity index (χ3n) is 3.71. The number of amides is 1. The van der Waals surface area contributed by atoms with E-state index in [1.165, 1.54) is 6.20 Å². The first-order chi connectivity index (χ1) is 11.6. The summed E-state index contributed by atoms with van der Waals surface area (Å²) in [6.45, 7) is 6.69. The van der Waals surface area contributed by atoms with E-state index in [9.17, 15) is 4.79 Å². The molecule has 0 spiro atoms. The van der Waals surface area contributed by atoms with Gasteiger partial charge in [-0.3, -0.25) is 4.79 Å². The second kappa shape index (κ2) is 7.20. The molecule has 24 heavy (non-hydrogen) atoms. The third-order valence-corrected chi connectivity index (χ3v) is 3.71. The van der Waals surface area contributed by atoms with Crippen molar-refractivity contribution in [2.75, 3.05) is 36.4 Å². The van der Waals surface area contributed by atoms with Crippen LogP contribution in [0, 0.1) is 0 Å². The molecule has 0 unspecified atom stereocenters. The molecule has 2 aromatic rings. The summed E-state index contributed by atoms with van der Waals surface area (Å²) in [4.78, 5) is 33.4. The molecule has 1 fully saturated rings. The first-order valence-corrected chi connectivity index (χ1v) is 8.03. The predicted molar refractivity (Wildman–Crippen MR) is 90.9 cm³/mol. The highest BCUT2D eigenvalue weighted by molar-refractivity contribution is 5.92. The largest absolute Gasteiger partial charge is 0.367 e. The maximum absolute atomic E-state index is 12.5. The molecule has 1 saturated heterocycles. The van der Waals surface area contributed by atoms with E-state index in [1.807, 2.05) is 13.8 Å². The molecule has 0 aliphatic carbocycles. The monoisotopic (exact) mass is 327 g/mol. The van der Waals surface area contributed by atoms with Crippen molar-refractivity contribution in [2.24, 2.45) is 0 Å². The van der Waals surface area contributed by atoms with E-state index < -0.39 is 0 Å². The van der Waals surface area contributed by atoms with Gasteiger partial charge in [0.25, 0.3) is 5.91 Å². The number of anilines is 2. The summed E-state index contributed by atoms with van der Waals surface area (Å²) in [6, 6.07) is 2.06. The van der Waals surface area contributed by atoms with Crippen LogP contribution in [0.25, 0.3) is 0 Å². The molecule has 1 aliphatic rings. The minimum absolute atomic E-state index is 0.0905. The lowest BCUT2D eigenvalue weighted by Gasteiger charge is -2.34. The summed E-state index contributed by atoms with van der Waals surface area (Å²) in [5, 5.41) is 3.16. The van der Waals surface area contributed by atoms with Crippen LogP contribution in [-0.4, -0.2) is 63.0 Å². The Hall–Kier alpha value is -2.77. The minimum atomic E-state index is -0.0905. The van der Waals surface area contributed by atoms with Crippen molar-refractivity contribution in [3.63, 3.8) is 0 Å². The molecular formula is C16H21N7O. The van der Waals surface area contributed by atoms with Crippen molar-refractivity contribution in [3.8, 4) is 0 Å². The maximum Gasteiger partial charge on any atom is 0.274 e. The van der Waals surface area contributed by atoms with E-state index in [-0.39, 0.29) is 11.9 Å². The van der Waals surface area contributed by atoms with Gasteiger partial charge in [-0.05, 0) is 19.9 Å². The molecule has 3 heterocycles. The third kappa shape index (κ3) is 3.76. The zero-order chi connectivity index (χ0) is 16.9. The molecule has 0 bridgehead atoms. The number of nitrogens with one attached hydrogen (secondary N) is 1. The lowest BCUT2D eigenvalue weighted by atomic mass is 10.3. The Bertz CT molecular complexity index is 667. The Kier molecular flexibility index (Phi) is 4.83. The van der Waals surface area contributed by atoms with E-state index in [4.69, 9.17) is 0 Å². The van der Waals surface area contributed by atoms with Gasteiger partial charge in [0.15, 0.2) is 0 Å². The molecule has 1 amide bonds. The molecule has 2 aromatic heterocycles. The quantitative estimate of drug-likeness (QED) is 0.898. The van der Waals surface area contributed by atoms with Gasteiger partial charge in [0.1, 0.15) is 11.5 Å². The molecule has 0 radical (unpaired) electrons. The highest BCUT2D eigenvalue weighted by Crippen LogP contribution is 2.12. The number of piperazine rings is 1. The fraction of sp³-hybridized carbons (Fsp3) is 0.438. The maximum atomic E-state index is 12.5. The van der Waals surface area contributed by atoms with E-state index in [1.54, 1.807) is 29.6 Å². The van der Waals surface area contributed by atoms with Crippen molar-refractivity contribution in [1.29, 1.82) is 0 Å². The van der Waals surface area contributed by atoms with E-state index >= 15 is 0 Å². The SMILES string of the molecule is CC(C)Nc1cnc(C(=O)N2CCN(c3ncccn3)CC2)cn1. The Morgan fingerprint density at radius 2 is 1.75 bits per heavy atom. The number of carbonyl (C=O) groups is 1. The van der Waals surface area contributed by atoms with Crippen LogP contribution in [0.2, 0.25) is 0 Å². The Morgan fingerprint density at radius 3 is 2.33 bits per heavy atom. The Labute approximate surface area is 141 Å².